The van der Waals surface area contributed by atoms with Crippen LogP contribution >= 0.6 is 11.3 Å². The molecule has 0 aliphatic carbocycles. The van der Waals surface area contributed by atoms with Crippen LogP contribution in [0.25, 0.3) is 0 Å². The number of thiazole rings is 1. The second kappa shape index (κ2) is 9.23. The first-order valence-corrected chi connectivity index (χ1v) is 9.15. The lowest BCUT2D eigenvalue weighted by Gasteiger charge is -2.23. The predicted molar refractivity (Wildman–Crippen MR) is 95.8 cm³/mol. The van der Waals surface area contributed by atoms with Gasteiger partial charge in [-0.3, -0.25) is 0 Å². The summed E-state index contributed by atoms with van der Waals surface area (Å²) in [6.07, 6.45) is 3.54. The van der Waals surface area contributed by atoms with Crippen molar-refractivity contribution >= 4 is 17.4 Å². The van der Waals surface area contributed by atoms with E-state index in [1.165, 1.54) is 4.88 Å². The van der Waals surface area contributed by atoms with Crippen molar-refractivity contribution in [2.24, 2.45) is 5.92 Å². The van der Waals surface area contributed by atoms with Crippen molar-refractivity contribution in [1.82, 2.24) is 15.6 Å². The number of rotatable bonds is 8. The zero-order valence-corrected chi connectivity index (χ0v) is 16.0. The van der Waals surface area contributed by atoms with E-state index in [1.807, 2.05) is 27.0 Å². The molecule has 0 saturated heterocycles. The van der Waals surface area contributed by atoms with Crippen molar-refractivity contribution in [3.63, 3.8) is 0 Å². The van der Waals surface area contributed by atoms with Crippen LogP contribution in [0.4, 0.5) is 4.79 Å². The number of aryl methyl sites for hydroxylation is 1. The largest absolute Gasteiger partial charge is 0.444 e. The highest BCUT2D eigenvalue weighted by Gasteiger charge is 2.18. The molecule has 0 fully saturated rings. The number of hydrogen-bond donors (Lipinski definition) is 2. The summed E-state index contributed by atoms with van der Waals surface area (Å²) in [4.78, 5) is 17.4. The van der Waals surface area contributed by atoms with Gasteiger partial charge < -0.3 is 15.4 Å². The Morgan fingerprint density at radius 3 is 2.61 bits per heavy atom. The summed E-state index contributed by atoms with van der Waals surface area (Å²) in [6, 6.07) is 0.217. The highest BCUT2D eigenvalue weighted by Crippen LogP contribution is 2.14. The summed E-state index contributed by atoms with van der Waals surface area (Å²) in [7, 11) is 0. The van der Waals surface area contributed by atoms with Gasteiger partial charge in [-0.1, -0.05) is 20.8 Å². The third-order valence-corrected chi connectivity index (χ3v) is 4.26. The summed E-state index contributed by atoms with van der Waals surface area (Å²) in [6.45, 7) is 13.4. The highest BCUT2D eigenvalue weighted by molar-refractivity contribution is 7.11. The Kier molecular flexibility index (Phi) is 7.99. The Morgan fingerprint density at radius 1 is 1.39 bits per heavy atom. The molecule has 1 aromatic heterocycles. The fraction of sp³-hybridized carbons (Fsp3) is 0.765. The maximum atomic E-state index is 11.8. The average Bonchev–Trinajstić information content (AvgIpc) is 2.87. The van der Waals surface area contributed by atoms with Crippen LogP contribution in [0.3, 0.4) is 0 Å². The van der Waals surface area contributed by atoms with Gasteiger partial charge in [0.15, 0.2) is 0 Å². The van der Waals surface area contributed by atoms with Crippen LogP contribution in [0.1, 0.15) is 57.8 Å². The number of hydrogen-bond acceptors (Lipinski definition) is 5. The quantitative estimate of drug-likeness (QED) is 0.756. The molecule has 0 aromatic carbocycles. The van der Waals surface area contributed by atoms with Crippen LogP contribution in [0, 0.1) is 5.92 Å². The van der Waals surface area contributed by atoms with Crippen LogP contribution in [0.15, 0.2) is 6.20 Å². The first kappa shape index (κ1) is 19.9. The topological polar surface area (TPSA) is 63.2 Å². The van der Waals surface area contributed by atoms with Crippen LogP contribution in [-0.2, 0) is 17.7 Å². The normalized spacial score (nSPS) is 13.2. The number of aromatic nitrogens is 1. The molecule has 1 heterocycles. The number of nitrogens with one attached hydrogen (secondary N) is 2. The first-order valence-electron chi connectivity index (χ1n) is 8.33. The number of amides is 1. The Hall–Kier alpha value is -1.14. The van der Waals surface area contributed by atoms with E-state index in [0.717, 1.165) is 24.4 Å². The van der Waals surface area contributed by atoms with Crippen LogP contribution in [-0.4, -0.2) is 29.3 Å². The summed E-state index contributed by atoms with van der Waals surface area (Å²) in [5.74, 6) is 0.556. The molecule has 6 heteroatoms. The Labute approximate surface area is 144 Å². The number of alkyl carbamates (subject to hydrolysis) is 1. The van der Waals surface area contributed by atoms with Gasteiger partial charge in [0.1, 0.15) is 5.60 Å². The summed E-state index contributed by atoms with van der Waals surface area (Å²) in [5, 5.41) is 7.55. The van der Waals surface area contributed by atoms with E-state index in [4.69, 9.17) is 4.74 Å². The van der Waals surface area contributed by atoms with E-state index in [-0.39, 0.29) is 12.1 Å². The second-order valence-electron chi connectivity index (χ2n) is 7.16. The van der Waals surface area contributed by atoms with E-state index in [2.05, 4.69) is 36.4 Å². The smallest absolute Gasteiger partial charge is 0.407 e. The lowest BCUT2D eigenvalue weighted by molar-refractivity contribution is 0.0521. The van der Waals surface area contributed by atoms with Gasteiger partial charge in [-0.15, -0.1) is 11.3 Å². The number of nitrogens with zero attached hydrogens (tertiary/aromatic N) is 1. The van der Waals surface area contributed by atoms with Gasteiger partial charge >= 0.3 is 6.09 Å². The second-order valence-corrected chi connectivity index (χ2v) is 8.36. The summed E-state index contributed by atoms with van der Waals surface area (Å²) >= 11 is 1.74. The van der Waals surface area contributed by atoms with Crippen molar-refractivity contribution in [1.29, 1.82) is 0 Å². The number of carbonyl (C=O) groups is 1. The fourth-order valence-corrected chi connectivity index (χ4v) is 2.98. The summed E-state index contributed by atoms with van der Waals surface area (Å²) < 4.78 is 5.29. The lowest BCUT2D eigenvalue weighted by atomic mass is 10.0. The predicted octanol–water partition coefficient (Wildman–Crippen LogP) is 3.73. The van der Waals surface area contributed by atoms with Gasteiger partial charge in [-0.25, -0.2) is 9.78 Å². The van der Waals surface area contributed by atoms with E-state index in [0.29, 0.717) is 12.5 Å². The van der Waals surface area contributed by atoms with Crippen molar-refractivity contribution in [2.75, 3.05) is 6.54 Å². The average molecular weight is 342 g/mol. The maximum Gasteiger partial charge on any atom is 0.407 e. The molecule has 1 atom stereocenters. The zero-order valence-electron chi connectivity index (χ0n) is 15.2. The van der Waals surface area contributed by atoms with Gasteiger partial charge in [0, 0.05) is 30.2 Å². The third kappa shape index (κ3) is 8.91. The van der Waals surface area contributed by atoms with E-state index in [1.54, 1.807) is 11.3 Å². The molecule has 23 heavy (non-hydrogen) atoms. The Bertz CT molecular complexity index is 480. The van der Waals surface area contributed by atoms with E-state index >= 15 is 0 Å². The summed E-state index contributed by atoms with van der Waals surface area (Å²) in [5.41, 5.74) is -0.468. The van der Waals surface area contributed by atoms with Crippen molar-refractivity contribution in [3.05, 3.63) is 16.1 Å². The zero-order chi connectivity index (χ0) is 17.5. The minimum atomic E-state index is -0.468. The number of ether oxygens (including phenoxy) is 1. The minimum Gasteiger partial charge on any atom is -0.444 e. The fourth-order valence-electron chi connectivity index (χ4n) is 2.17. The maximum absolute atomic E-state index is 11.8. The van der Waals surface area contributed by atoms with E-state index < -0.39 is 5.60 Å². The SMILES string of the molecule is CCc1ncc(CNC(CNC(=O)OC(C)(C)C)CC(C)C)s1. The molecule has 1 unspecified atom stereocenters. The first-order chi connectivity index (χ1) is 10.7. The molecule has 1 amide bonds. The third-order valence-electron chi connectivity index (χ3n) is 3.12. The van der Waals surface area contributed by atoms with Crippen molar-refractivity contribution in [3.8, 4) is 0 Å². The van der Waals surface area contributed by atoms with Gasteiger partial charge in [0.25, 0.3) is 0 Å². The molecular weight excluding hydrogens is 310 g/mol. The molecule has 1 rings (SSSR count). The molecule has 2 N–H and O–H groups in total. The molecule has 0 saturated carbocycles. The standard InChI is InChI=1S/C17H31N3O2S/c1-7-15-19-11-14(23-15)10-18-13(8-12(2)3)9-20-16(21)22-17(4,5)6/h11-13,18H,7-10H2,1-6H3,(H,20,21). The van der Waals surface area contributed by atoms with Crippen molar-refractivity contribution < 1.29 is 9.53 Å². The van der Waals surface area contributed by atoms with Gasteiger partial charge in [0.2, 0.25) is 0 Å². The lowest BCUT2D eigenvalue weighted by Crippen LogP contribution is -2.43. The van der Waals surface area contributed by atoms with Gasteiger partial charge in [-0.05, 0) is 39.5 Å². The van der Waals surface area contributed by atoms with Gasteiger partial charge in [0.05, 0.1) is 5.01 Å². The molecule has 0 spiro atoms. The molecular formula is C17H31N3O2S. The molecule has 1 aromatic rings. The van der Waals surface area contributed by atoms with E-state index in [9.17, 15) is 4.79 Å². The molecule has 5 nitrogen and oxygen atoms in total. The molecule has 0 aliphatic heterocycles. The minimum absolute atomic E-state index is 0.217. The van der Waals surface area contributed by atoms with Crippen LogP contribution in [0.5, 0.6) is 0 Å². The number of carbonyl (C=O) groups excluding carboxylic acids is 1. The molecule has 0 bridgehead atoms. The molecule has 132 valence electrons. The molecule has 0 radical (unpaired) electrons. The highest BCUT2D eigenvalue weighted by atomic mass is 32.1. The molecule has 0 aliphatic rings. The van der Waals surface area contributed by atoms with Crippen LogP contribution in [0.2, 0.25) is 0 Å². The monoisotopic (exact) mass is 341 g/mol. The Morgan fingerprint density at radius 2 is 2.09 bits per heavy atom. The van der Waals surface area contributed by atoms with Crippen molar-refractivity contribution in [2.45, 2.75) is 72.6 Å². The van der Waals surface area contributed by atoms with Crippen LogP contribution < -0.4 is 10.6 Å². The van der Waals surface area contributed by atoms with Gasteiger partial charge in [-0.2, -0.15) is 0 Å². The Balaban J connectivity index is 2.47.